The molecule has 0 bridgehead atoms. The number of nitrogens with zero attached hydrogens (tertiary/aromatic N) is 1. The molecule has 3 saturated carbocycles. The van der Waals surface area contributed by atoms with Crippen molar-refractivity contribution in [2.45, 2.75) is 105 Å². The van der Waals surface area contributed by atoms with Gasteiger partial charge in [-0.15, -0.1) is 0 Å². The highest BCUT2D eigenvalue weighted by atomic mass is 16.5. The molecule has 5 aliphatic rings. The summed E-state index contributed by atoms with van der Waals surface area (Å²) in [5, 5.41) is 14.3. The van der Waals surface area contributed by atoms with E-state index in [0.717, 1.165) is 44.3 Å². The third kappa shape index (κ3) is 2.81. The number of carbonyl (C=O) groups is 1. The number of allylic oxidation sites excluding steroid dienone is 2. The second-order valence-corrected chi connectivity index (χ2v) is 15.0. The summed E-state index contributed by atoms with van der Waals surface area (Å²) in [6.07, 6.45) is 12.8. The first-order valence-corrected chi connectivity index (χ1v) is 14.7. The normalized spacial score (nSPS) is 49.2. The predicted molar refractivity (Wildman–Crippen MR) is 141 cm³/mol. The summed E-state index contributed by atoms with van der Waals surface area (Å²) in [6, 6.07) is 0. The zero-order chi connectivity index (χ0) is 25.9. The third-order valence-corrected chi connectivity index (χ3v) is 13.5. The first-order chi connectivity index (χ1) is 16.9. The van der Waals surface area contributed by atoms with Gasteiger partial charge >= 0.3 is 0 Å². The number of hydrogen-bond donors (Lipinski definition) is 1. The van der Waals surface area contributed by atoms with E-state index in [1.807, 2.05) is 6.20 Å². The fraction of sp³-hybridized carbons (Fsp3) is 0.812. The molecule has 5 aliphatic carbocycles. The van der Waals surface area contributed by atoms with Gasteiger partial charge in [0.05, 0.1) is 6.20 Å². The highest BCUT2D eigenvalue weighted by Crippen LogP contribution is 2.75. The number of ketones is 1. The van der Waals surface area contributed by atoms with Gasteiger partial charge in [-0.3, -0.25) is 4.79 Å². The molecule has 4 nitrogen and oxygen atoms in total. The van der Waals surface area contributed by atoms with Crippen molar-refractivity contribution in [3.05, 3.63) is 29.2 Å². The summed E-state index contributed by atoms with van der Waals surface area (Å²) in [5.41, 5.74) is 2.56. The van der Waals surface area contributed by atoms with Crippen LogP contribution in [0, 0.1) is 51.2 Å². The Morgan fingerprint density at radius 2 is 1.81 bits per heavy atom. The molecule has 3 fully saturated rings. The van der Waals surface area contributed by atoms with E-state index < -0.39 is 0 Å². The monoisotopic (exact) mass is 493 g/mol. The number of rotatable bonds is 2. The molecule has 1 N–H and O–H groups in total. The Morgan fingerprint density at radius 1 is 1.06 bits per heavy atom. The van der Waals surface area contributed by atoms with Crippen LogP contribution in [0.1, 0.15) is 105 Å². The van der Waals surface area contributed by atoms with E-state index in [4.69, 9.17) is 4.52 Å². The van der Waals surface area contributed by atoms with Crippen molar-refractivity contribution in [1.82, 2.24) is 5.16 Å². The summed E-state index contributed by atoms with van der Waals surface area (Å²) >= 11 is 0. The number of aliphatic hydroxyl groups is 1. The second kappa shape index (κ2) is 7.58. The Hall–Kier alpha value is -1.42. The van der Waals surface area contributed by atoms with E-state index in [1.54, 1.807) is 0 Å². The molecular formula is C32H47NO3. The molecule has 0 aliphatic heterocycles. The molecule has 9 atom stereocenters. The number of aliphatic hydroxyl groups excluding tert-OH is 1. The zero-order valence-electron chi connectivity index (χ0n) is 23.6. The molecule has 0 amide bonds. The van der Waals surface area contributed by atoms with E-state index in [2.05, 4.69) is 59.7 Å². The van der Waals surface area contributed by atoms with Crippen LogP contribution in [0.25, 0.3) is 0 Å². The lowest BCUT2D eigenvalue weighted by Gasteiger charge is -2.70. The number of aromatic nitrogens is 1. The van der Waals surface area contributed by atoms with E-state index in [9.17, 15) is 9.90 Å². The fourth-order valence-corrected chi connectivity index (χ4v) is 11.3. The largest absolute Gasteiger partial charge is 0.396 e. The summed E-state index contributed by atoms with van der Waals surface area (Å²) in [7, 11) is 0. The van der Waals surface area contributed by atoms with Crippen LogP contribution in [0.5, 0.6) is 0 Å². The molecule has 0 unspecified atom stereocenters. The first-order valence-electron chi connectivity index (χ1n) is 14.7. The minimum Gasteiger partial charge on any atom is -0.396 e. The molecule has 0 aromatic carbocycles. The summed E-state index contributed by atoms with van der Waals surface area (Å²) in [5.74, 6) is 3.45. The van der Waals surface area contributed by atoms with Gasteiger partial charge in [0.15, 0.2) is 5.78 Å². The van der Waals surface area contributed by atoms with Gasteiger partial charge in [0.25, 0.3) is 0 Å². The topological polar surface area (TPSA) is 63.3 Å². The standard InChI is InChI=1S/C32H47NO3/c1-19-8-11-32(14-15-34)13-12-31(7)26(25(32)20(19)2)22(35)16-24-29(5)17-21-18-33-36-27(21)28(3,4)23(29)9-10-30(24,31)6/h16,18-20,23,25-26,34H,8-15,17H2,1-7H3/t19-,20+,23+,25+,26-,29+,30-,31-,32-/m1/s1. The van der Waals surface area contributed by atoms with Crippen LogP contribution in [0.15, 0.2) is 22.4 Å². The van der Waals surface area contributed by atoms with Crippen LogP contribution in [-0.4, -0.2) is 22.7 Å². The van der Waals surface area contributed by atoms with E-state index in [1.165, 1.54) is 24.0 Å². The minimum absolute atomic E-state index is 0.00730. The van der Waals surface area contributed by atoms with Crippen LogP contribution in [0.4, 0.5) is 0 Å². The van der Waals surface area contributed by atoms with Gasteiger partial charge in [-0.2, -0.15) is 0 Å². The molecule has 36 heavy (non-hydrogen) atoms. The van der Waals surface area contributed by atoms with Crippen molar-refractivity contribution in [2.24, 2.45) is 51.2 Å². The van der Waals surface area contributed by atoms with Crippen LogP contribution in [0.2, 0.25) is 0 Å². The highest BCUT2D eigenvalue weighted by molar-refractivity contribution is 5.95. The Bertz CT molecular complexity index is 1120. The average Bonchev–Trinajstić information content (AvgIpc) is 3.28. The second-order valence-electron chi connectivity index (χ2n) is 15.0. The van der Waals surface area contributed by atoms with Crippen LogP contribution in [0.3, 0.4) is 0 Å². The lowest BCUT2D eigenvalue weighted by Crippen LogP contribution is -2.65. The Labute approximate surface area is 217 Å². The molecular weight excluding hydrogens is 446 g/mol. The maximum Gasteiger partial charge on any atom is 0.159 e. The molecule has 4 heteroatoms. The van der Waals surface area contributed by atoms with Gasteiger partial charge in [0, 0.05) is 23.5 Å². The van der Waals surface area contributed by atoms with Crippen LogP contribution >= 0.6 is 0 Å². The van der Waals surface area contributed by atoms with E-state index in [0.29, 0.717) is 29.5 Å². The van der Waals surface area contributed by atoms with E-state index in [-0.39, 0.29) is 39.6 Å². The van der Waals surface area contributed by atoms with Gasteiger partial charge in [-0.25, -0.2) is 0 Å². The lowest BCUT2D eigenvalue weighted by atomic mass is 9.33. The number of fused-ring (bicyclic) bond motifs is 8. The Morgan fingerprint density at radius 3 is 2.53 bits per heavy atom. The molecule has 198 valence electrons. The summed E-state index contributed by atoms with van der Waals surface area (Å²) in [6.45, 7) is 17.1. The quantitative estimate of drug-likeness (QED) is 0.486. The van der Waals surface area contributed by atoms with Gasteiger partial charge in [0.2, 0.25) is 0 Å². The maximum absolute atomic E-state index is 14.5. The van der Waals surface area contributed by atoms with E-state index >= 15 is 0 Å². The van der Waals surface area contributed by atoms with Crippen molar-refractivity contribution in [1.29, 1.82) is 0 Å². The van der Waals surface area contributed by atoms with Crippen molar-refractivity contribution in [2.75, 3.05) is 6.61 Å². The fourth-order valence-electron chi connectivity index (χ4n) is 11.3. The van der Waals surface area contributed by atoms with Crippen LogP contribution in [-0.2, 0) is 16.6 Å². The molecule has 0 radical (unpaired) electrons. The zero-order valence-corrected chi connectivity index (χ0v) is 23.6. The molecule has 1 aromatic rings. The van der Waals surface area contributed by atoms with Crippen molar-refractivity contribution >= 4 is 5.78 Å². The summed E-state index contributed by atoms with van der Waals surface area (Å²) in [4.78, 5) is 14.5. The van der Waals surface area contributed by atoms with Gasteiger partial charge in [-0.1, -0.05) is 59.2 Å². The average molecular weight is 494 g/mol. The molecule has 0 saturated heterocycles. The van der Waals surface area contributed by atoms with Crippen molar-refractivity contribution in [3.8, 4) is 0 Å². The highest BCUT2D eigenvalue weighted by Gasteiger charge is 2.70. The minimum atomic E-state index is -0.0992. The summed E-state index contributed by atoms with van der Waals surface area (Å²) < 4.78 is 5.81. The molecule has 1 heterocycles. The van der Waals surface area contributed by atoms with Crippen molar-refractivity contribution < 1.29 is 14.4 Å². The Balaban J connectivity index is 1.51. The smallest absolute Gasteiger partial charge is 0.159 e. The maximum atomic E-state index is 14.5. The number of carbonyl (C=O) groups excluding carboxylic acids is 1. The van der Waals surface area contributed by atoms with Crippen molar-refractivity contribution in [3.63, 3.8) is 0 Å². The lowest BCUT2D eigenvalue weighted by molar-refractivity contribution is -0.180. The first kappa shape index (κ1) is 24.9. The predicted octanol–water partition coefficient (Wildman–Crippen LogP) is 6.91. The van der Waals surface area contributed by atoms with Gasteiger partial charge in [-0.05, 0) is 103 Å². The third-order valence-electron chi connectivity index (χ3n) is 13.5. The molecule has 1 aromatic heterocycles. The molecule has 6 rings (SSSR count). The molecule has 0 spiro atoms. The van der Waals surface area contributed by atoms with Gasteiger partial charge < -0.3 is 9.63 Å². The van der Waals surface area contributed by atoms with Gasteiger partial charge in [0.1, 0.15) is 5.76 Å². The SMILES string of the molecule is C[C@@H]1[C@H]2[C@H]3C(=O)C=C4[C@@]5(C)Cc6cnoc6C(C)(C)[C@@H]5CC[C@@]4(C)[C@]3(C)CC[C@@]2(CCO)CC[C@H]1C. The van der Waals surface area contributed by atoms with Crippen LogP contribution < -0.4 is 0 Å². The Kier molecular flexibility index (Phi) is 5.24. The number of hydrogen-bond acceptors (Lipinski definition) is 4.